The Morgan fingerprint density at radius 1 is 0.429 bits per heavy atom. The van der Waals surface area contributed by atoms with Gasteiger partial charge in [-0.25, -0.2) is 0 Å². The van der Waals surface area contributed by atoms with Gasteiger partial charge in [0.2, 0.25) is 6.79 Å². The second-order valence-corrected chi connectivity index (χ2v) is 14.0. The van der Waals surface area contributed by atoms with Crippen molar-refractivity contribution < 1.29 is 38.7 Å². The SMILES string of the molecule is CCCCCCC(O)C(CCCCCCCCCC(=O)OCOC(=O)CCCCCCCCCC(OCC)C(O)CCCCCC)OCC. The van der Waals surface area contributed by atoms with Crippen LogP contribution in [-0.4, -0.2) is 66.6 Å². The van der Waals surface area contributed by atoms with Crippen LogP contribution in [0, 0.1) is 0 Å². The minimum atomic E-state index is -0.353. The molecule has 0 heterocycles. The Hall–Kier alpha value is -1.22. The first-order valence-corrected chi connectivity index (χ1v) is 20.8. The average molecular weight is 701 g/mol. The van der Waals surface area contributed by atoms with Gasteiger partial charge in [-0.15, -0.1) is 0 Å². The molecule has 0 saturated carbocycles. The number of aliphatic hydroxyl groups excluding tert-OH is 2. The van der Waals surface area contributed by atoms with E-state index in [1.165, 1.54) is 38.5 Å². The summed E-state index contributed by atoms with van der Waals surface area (Å²) in [5.41, 5.74) is 0. The smallest absolute Gasteiger partial charge is 0.308 e. The average Bonchev–Trinajstić information content (AvgIpc) is 3.09. The molecule has 292 valence electrons. The van der Waals surface area contributed by atoms with Gasteiger partial charge in [-0.05, 0) is 52.4 Å². The number of esters is 2. The van der Waals surface area contributed by atoms with E-state index >= 15 is 0 Å². The molecule has 0 aromatic heterocycles. The van der Waals surface area contributed by atoms with Crippen LogP contribution in [0.25, 0.3) is 0 Å². The lowest BCUT2D eigenvalue weighted by atomic mass is 9.99. The molecule has 0 amide bonds. The molecule has 2 N–H and O–H groups in total. The van der Waals surface area contributed by atoms with Crippen molar-refractivity contribution in [1.82, 2.24) is 0 Å². The molecule has 8 heteroatoms. The summed E-state index contributed by atoms with van der Waals surface area (Å²) in [5.74, 6) is -0.617. The van der Waals surface area contributed by atoms with Gasteiger partial charge in [0, 0.05) is 26.1 Å². The van der Waals surface area contributed by atoms with Gasteiger partial charge in [0.1, 0.15) is 0 Å². The van der Waals surface area contributed by atoms with Crippen molar-refractivity contribution in [3.8, 4) is 0 Å². The van der Waals surface area contributed by atoms with E-state index in [9.17, 15) is 19.8 Å². The van der Waals surface area contributed by atoms with Crippen LogP contribution in [0.1, 0.15) is 207 Å². The summed E-state index contributed by atoms with van der Waals surface area (Å²) in [7, 11) is 0. The molecule has 0 radical (unpaired) electrons. The van der Waals surface area contributed by atoms with E-state index in [4.69, 9.17) is 18.9 Å². The highest BCUT2D eigenvalue weighted by molar-refractivity contribution is 5.70. The number of carbonyl (C=O) groups is 2. The third kappa shape index (κ3) is 31.3. The highest BCUT2D eigenvalue weighted by atomic mass is 16.7. The molecular weight excluding hydrogens is 620 g/mol. The van der Waals surface area contributed by atoms with Crippen molar-refractivity contribution >= 4 is 11.9 Å². The summed E-state index contributed by atoms with van der Waals surface area (Å²) in [4.78, 5) is 24.0. The van der Waals surface area contributed by atoms with Crippen LogP contribution in [0.3, 0.4) is 0 Å². The Kier molecular flexibility index (Phi) is 35.7. The molecule has 0 bridgehead atoms. The molecule has 0 aliphatic heterocycles. The van der Waals surface area contributed by atoms with Crippen LogP contribution in [0.5, 0.6) is 0 Å². The number of hydrogen-bond acceptors (Lipinski definition) is 8. The summed E-state index contributed by atoms with van der Waals surface area (Å²) in [6.45, 7) is 9.40. The lowest BCUT2D eigenvalue weighted by molar-refractivity contribution is -0.167. The maximum absolute atomic E-state index is 12.0. The van der Waals surface area contributed by atoms with Crippen molar-refractivity contribution in [3.05, 3.63) is 0 Å². The Morgan fingerprint density at radius 3 is 1.08 bits per heavy atom. The van der Waals surface area contributed by atoms with E-state index in [1.54, 1.807) is 0 Å². The van der Waals surface area contributed by atoms with Crippen LogP contribution >= 0.6 is 0 Å². The second-order valence-electron chi connectivity index (χ2n) is 14.0. The molecule has 0 aliphatic carbocycles. The molecule has 0 rings (SSSR count). The van der Waals surface area contributed by atoms with Crippen molar-refractivity contribution in [2.45, 2.75) is 232 Å². The molecule has 0 aromatic carbocycles. The van der Waals surface area contributed by atoms with Crippen molar-refractivity contribution in [2.75, 3.05) is 20.0 Å². The Balaban J connectivity index is 3.67. The first-order valence-electron chi connectivity index (χ1n) is 20.8. The van der Waals surface area contributed by atoms with Crippen LogP contribution in [0.2, 0.25) is 0 Å². The van der Waals surface area contributed by atoms with E-state index in [0.717, 1.165) is 128 Å². The van der Waals surface area contributed by atoms with E-state index in [-0.39, 0.29) is 43.1 Å². The van der Waals surface area contributed by atoms with Crippen LogP contribution in [0.15, 0.2) is 0 Å². The van der Waals surface area contributed by atoms with Gasteiger partial charge in [0.05, 0.1) is 24.4 Å². The molecule has 0 fully saturated rings. The van der Waals surface area contributed by atoms with Crippen molar-refractivity contribution in [2.24, 2.45) is 0 Å². The fourth-order valence-corrected chi connectivity index (χ4v) is 6.44. The summed E-state index contributed by atoms with van der Waals surface area (Å²) in [5, 5.41) is 21.0. The number of aliphatic hydroxyl groups is 2. The molecule has 4 atom stereocenters. The lowest BCUT2D eigenvalue weighted by Gasteiger charge is -2.23. The number of unbranched alkanes of at least 4 members (excludes halogenated alkanes) is 18. The topological polar surface area (TPSA) is 112 Å². The predicted molar refractivity (Wildman–Crippen MR) is 201 cm³/mol. The third-order valence-electron chi connectivity index (χ3n) is 9.51. The minimum Gasteiger partial charge on any atom is -0.428 e. The third-order valence-corrected chi connectivity index (χ3v) is 9.51. The van der Waals surface area contributed by atoms with E-state index in [1.807, 2.05) is 13.8 Å². The standard InChI is InChI=1S/C41H80O8/c1-5-9-11-23-29-36(42)38(46-7-3)31-25-19-15-13-17-21-27-33-40(44)48-35-49-41(45)34-28-22-18-14-16-20-26-32-39(47-8-4)37(43)30-24-12-10-6-2/h36-39,42-43H,5-35H2,1-4H3. The molecule has 0 spiro atoms. The summed E-state index contributed by atoms with van der Waals surface area (Å²) in [6.07, 6.45) is 27.6. The fraction of sp³-hybridized carbons (Fsp3) is 0.951. The quantitative estimate of drug-likeness (QED) is 0.0372. The predicted octanol–water partition coefficient (Wildman–Crippen LogP) is 10.5. The fourth-order valence-electron chi connectivity index (χ4n) is 6.44. The number of rotatable bonds is 38. The molecule has 0 aromatic rings. The molecule has 0 saturated heterocycles. The summed E-state index contributed by atoms with van der Waals surface area (Å²) < 4.78 is 21.8. The van der Waals surface area contributed by atoms with Crippen LogP contribution in [-0.2, 0) is 28.5 Å². The maximum atomic E-state index is 12.0. The Morgan fingerprint density at radius 2 is 0.735 bits per heavy atom. The number of hydrogen-bond donors (Lipinski definition) is 2. The first-order chi connectivity index (χ1) is 23.9. The van der Waals surface area contributed by atoms with Gasteiger partial charge in [0.15, 0.2) is 0 Å². The van der Waals surface area contributed by atoms with Gasteiger partial charge < -0.3 is 29.2 Å². The van der Waals surface area contributed by atoms with Crippen LogP contribution < -0.4 is 0 Å². The Labute approximate surface area is 302 Å². The normalized spacial score (nSPS) is 14.0. The number of ether oxygens (including phenoxy) is 4. The molecule has 49 heavy (non-hydrogen) atoms. The van der Waals surface area contributed by atoms with Crippen molar-refractivity contribution in [3.63, 3.8) is 0 Å². The van der Waals surface area contributed by atoms with Crippen LogP contribution in [0.4, 0.5) is 0 Å². The van der Waals surface area contributed by atoms with Gasteiger partial charge in [0.25, 0.3) is 0 Å². The minimum absolute atomic E-state index is 0.0418. The summed E-state index contributed by atoms with van der Waals surface area (Å²) >= 11 is 0. The highest BCUT2D eigenvalue weighted by Crippen LogP contribution is 2.19. The summed E-state index contributed by atoms with van der Waals surface area (Å²) in [6, 6.07) is 0. The zero-order valence-corrected chi connectivity index (χ0v) is 32.6. The van der Waals surface area contributed by atoms with E-state index in [2.05, 4.69) is 13.8 Å². The van der Waals surface area contributed by atoms with E-state index in [0.29, 0.717) is 26.1 Å². The maximum Gasteiger partial charge on any atom is 0.308 e. The molecular formula is C41H80O8. The molecule has 0 aliphatic rings. The van der Waals surface area contributed by atoms with Gasteiger partial charge >= 0.3 is 11.9 Å². The highest BCUT2D eigenvalue weighted by Gasteiger charge is 2.19. The van der Waals surface area contributed by atoms with Gasteiger partial charge in [-0.2, -0.15) is 0 Å². The zero-order chi connectivity index (χ0) is 36.2. The molecule has 4 unspecified atom stereocenters. The monoisotopic (exact) mass is 701 g/mol. The lowest BCUT2D eigenvalue weighted by Crippen LogP contribution is -2.29. The van der Waals surface area contributed by atoms with Gasteiger partial charge in [-0.1, -0.05) is 142 Å². The largest absolute Gasteiger partial charge is 0.428 e. The van der Waals surface area contributed by atoms with E-state index < -0.39 is 0 Å². The second kappa shape index (κ2) is 36.6. The Bertz CT molecular complexity index is 660. The van der Waals surface area contributed by atoms with Gasteiger partial charge in [-0.3, -0.25) is 9.59 Å². The molecule has 8 nitrogen and oxygen atoms in total. The van der Waals surface area contributed by atoms with Crippen molar-refractivity contribution in [1.29, 1.82) is 0 Å². The first kappa shape index (κ1) is 47.8. The number of carbonyl (C=O) groups excluding carboxylic acids is 2. The zero-order valence-electron chi connectivity index (χ0n) is 32.6.